The Morgan fingerprint density at radius 3 is 2.69 bits per heavy atom. The Kier molecular flexibility index (Phi) is 9.03. The van der Waals surface area contributed by atoms with Crippen LogP contribution in [0.2, 0.25) is 0 Å². The number of aromatic nitrogens is 3. The number of nitrogens with zero attached hydrogens (tertiary/aromatic N) is 5. The monoisotopic (exact) mass is 687 g/mol. The molecule has 7 rings (SSSR count). The number of methoxy groups -OCH3 is 1. The Morgan fingerprint density at radius 1 is 1.08 bits per heavy atom. The van der Waals surface area contributed by atoms with Gasteiger partial charge in [-0.25, -0.2) is 18.2 Å². The number of carbonyl (C=O) groups is 1. The van der Waals surface area contributed by atoms with E-state index in [1.165, 1.54) is 30.6 Å². The molecule has 2 aliphatic rings. The third-order valence-electron chi connectivity index (χ3n) is 9.54. The number of hydrogen-bond donors (Lipinski definition) is 0. The van der Waals surface area contributed by atoms with Crippen LogP contribution in [-0.2, 0) is 29.0 Å². The van der Waals surface area contributed by atoms with Gasteiger partial charge in [-0.2, -0.15) is 5.10 Å². The van der Waals surface area contributed by atoms with Gasteiger partial charge in [-0.3, -0.25) is 14.4 Å². The molecule has 0 saturated heterocycles. The summed E-state index contributed by atoms with van der Waals surface area (Å²) < 4.78 is 58.2. The number of amides is 1. The lowest BCUT2D eigenvalue weighted by Gasteiger charge is -2.33. The summed E-state index contributed by atoms with van der Waals surface area (Å²) in [5.41, 5.74) is 5.92. The maximum Gasteiger partial charge on any atom is 0.246 e. The smallest absolute Gasteiger partial charge is 0.246 e. The molecule has 12 heteroatoms. The molecule has 49 heavy (non-hydrogen) atoms. The Morgan fingerprint density at radius 2 is 1.92 bits per heavy atom. The number of benzene rings is 2. The molecule has 2 aliphatic heterocycles. The fourth-order valence-electron chi connectivity index (χ4n) is 6.94. The number of halogens is 3. The van der Waals surface area contributed by atoms with Crippen LogP contribution in [-0.4, -0.2) is 77.1 Å². The molecule has 5 heterocycles. The van der Waals surface area contributed by atoms with E-state index in [2.05, 4.69) is 12.6 Å². The molecule has 0 unspecified atom stereocenters. The summed E-state index contributed by atoms with van der Waals surface area (Å²) in [5.74, 6) is -1.71. The van der Waals surface area contributed by atoms with E-state index in [0.29, 0.717) is 48.7 Å². The second-order valence-electron chi connectivity index (χ2n) is 12.4. The molecule has 254 valence electrons. The third-order valence-corrected chi connectivity index (χ3v) is 10.5. The zero-order valence-corrected chi connectivity index (χ0v) is 28.3. The van der Waals surface area contributed by atoms with Crippen LogP contribution in [0.1, 0.15) is 29.8 Å². The molecule has 3 aromatic heterocycles. The molecule has 1 amide bonds. The van der Waals surface area contributed by atoms with Gasteiger partial charge in [0.15, 0.2) is 0 Å². The summed E-state index contributed by atoms with van der Waals surface area (Å²) in [7, 11) is 3.45. The molecule has 0 N–H and O–H groups in total. The van der Waals surface area contributed by atoms with Crippen molar-refractivity contribution in [2.45, 2.75) is 38.5 Å². The molecule has 0 aliphatic carbocycles. The van der Waals surface area contributed by atoms with Crippen LogP contribution in [0, 0.1) is 11.6 Å². The van der Waals surface area contributed by atoms with Crippen LogP contribution in [0.5, 0.6) is 5.75 Å². The Balaban J connectivity index is 1.46. The van der Waals surface area contributed by atoms with Crippen molar-refractivity contribution in [2.24, 2.45) is 0 Å². The SMILES string of the molecule is C=CC(=O)N1CCn2nc(-c3nc(-c4ccc5c(c4)CN(C)[C@H](CF)C5)c4ccsc4c3-c3c(F)cc(F)cc3OCCOC)cc2[C@H]1C. The lowest BCUT2D eigenvalue weighted by Crippen LogP contribution is -2.40. The van der Waals surface area contributed by atoms with Crippen molar-refractivity contribution in [3.8, 4) is 39.5 Å². The van der Waals surface area contributed by atoms with Gasteiger partial charge in [0.05, 0.1) is 36.1 Å². The zero-order chi connectivity index (χ0) is 34.4. The van der Waals surface area contributed by atoms with Crippen LogP contribution >= 0.6 is 11.3 Å². The number of hydrogen-bond acceptors (Lipinski definition) is 7. The number of ether oxygens (including phenoxy) is 2. The minimum atomic E-state index is -0.794. The topological polar surface area (TPSA) is 72.7 Å². The molecule has 5 aromatic rings. The third kappa shape index (κ3) is 5.91. The lowest BCUT2D eigenvalue weighted by atomic mass is 9.91. The van der Waals surface area contributed by atoms with Crippen LogP contribution in [0.15, 0.2) is 60.5 Å². The van der Waals surface area contributed by atoms with Gasteiger partial charge < -0.3 is 14.4 Å². The van der Waals surface area contributed by atoms with E-state index in [0.717, 1.165) is 38.5 Å². The molecular weight excluding hydrogens is 652 g/mol. The van der Waals surface area contributed by atoms with Gasteiger partial charge in [-0.1, -0.05) is 18.7 Å². The molecule has 2 atom stereocenters. The quantitative estimate of drug-likeness (QED) is 0.121. The van der Waals surface area contributed by atoms with Crippen molar-refractivity contribution in [3.63, 3.8) is 0 Å². The molecule has 0 bridgehead atoms. The van der Waals surface area contributed by atoms with E-state index in [-0.39, 0.29) is 42.5 Å². The van der Waals surface area contributed by atoms with Crippen molar-refractivity contribution in [1.82, 2.24) is 24.6 Å². The Labute approximate surface area is 286 Å². The minimum absolute atomic E-state index is 0.0272. The Hall–Kier alpha value is -4.52. The van der Waals surface area contributed by atoms with Crippen molar-refractivity contribution >= 4 is 27.3 Å². The predicted molar refractivity (Wildman–Crippen MR) is 184 cm³/mol. The zero-order valence-electron chi connectivity index (χ0n) is 27.5. The van der Waals surface area contributed by atoms with E-state index in [4.69, 9.17) is 19.6 Å². The highest BCUT2D eigenvalue weighted by Crippen LogP contribution is 2.47. The molecule has 8 nitrogen and oxygen atoms in total. The first-order chi connectivity index (χ1) is 23.7. The van der Waals surface area contributed by atoms with Crippen LogP contribution in [0.25, 0.3) is 43.9 Å². The van der Waals surface area contributed by atoms with Gasteiger partial charge in [0.25, 0.3) is 0 Å². The second-order valence-corrected chi connectivity index (χ2v) is 13.4. The van der Waals surface area contributed by atoms with Gasteiger partial charge in [-0.05, 0) is 61.2 Å². The second kappa shape index (κ2) is 13.4. The molecule has 2 aromatic carbocycles. The number of pyridine rings is 1. The summed E-state index contributed by atoms with van der Waals surface area (Å²) >= 11 is 1.42. The summed E-state index contributed by atoms with van der Waals surface area (Å²) in [6, 6.07) is 11.5. The van der Waals surface area contributed by atoms with Crippen LogP contribution < -0.4 is 4.74 Å². The van der Waals surface area contributed by atoms with Crippen molar-refractivity contribution in [1.29, 1.82) is 0 Å². The average molecular weight is 688 g/mol. The number of alkyl halides is 1. The van der Waals surface area contributed by atoms with Gasteiger partial charge in [0.2, 0.25) is 5.91 Å². The Bertz CT molecular complexity index is 2080. The number of rotatable bonds is 9. The first kappa shape index (κ1) is 33.0. The van der Waals surface area contributed by atoms with Crippen LogP contribution in [0.3, 0.4) is 0 Å². The van der Waals surface area contributed by atoms with Crippen molar-refractivity contribution in [2.75, 3.05) is 40.6 Å². The van der Waals surface area contributed by atoms with Gasteiger partial charge in [0, 0.05) is 59.6 Å². The van der Waals surface area contributed by atoms with Gasteiger partial charge in [-0.15, -0.1) is 11.3 Å². The summed E-state index contributed by atoms with van der Waals surface area (Å²) in [5, 5.41) is 7.67. The summed E-state index contributed by atoms with van der Waals surface area (Å²) in [6.07, 6.45) is 1.92. The van der Waals surface area contributed by atoms with Crippen molar-refractivity contribution < 1.29 is 27.4 Å². The van der Waals surface area contributed by atoms with Gasteiger partial charge in [0.1, 0.15) is 42.1 Å². The normalized spacial score (nSPS) is 17.6. The summed E-state index contributed by atoms with van der Waals surface area (Å²) in [6.45, 7) is 6.98. The number of thiophene rings is 1. The predicted octanol–water partition coefficient (Wildman–Crippen LogP) is 7.21. The van der Waals surface area contributed by atoms with E-state index in [1.54, 1.807) is 4.90 Å². The summed E-state index contributed by atoms with van der Waals surface area (Å²) in [4.78, 5) is 21.6. The maximum absolute atomic E-state index is 16.1. The minimum Gasteiger partial charge on any atom is -0.490 e. The molecule has 0 saturated carbocycles. The molecular formula is C37H36F3N5O3S. The van der Waals surface area contributed by atoms with E-state index < -0.39 is 18.3 Å². The molecule has 0 radical (unpaired) electrons. The number of fused-ring (bicyclic) bond motifs is 3. The number of carbonyl (C=O) groups excluding carboxylic acids is 1. The van der Waals surface area contributed by atoms with E-state index >= 15 is 4.39 Å². The van der Waals surface area contributed by atoms with E-state index in [9.17, 15) is 13.6 Å². The average Bonchev–Trinajstić information content (AvgIpc) is 3.76. The molecule has 0 fully saturated rings. The maximum atomic E-state index is 16.1. The fourth-order valence-corrected chi connectivity index (χ4v) is 7.89. The van der Waals surface area contributed by atoms with Crippen molar-refractivity contribution in [3.05, 3.63) is 89.0 Å². The largest absolute Gasteiger partial charge is 0.490 e. The number of likely N-dealkylation sites (N-methyl/N-ethyl adjacent to an activating group) is 1. The molecule has 0 spiro atoms. The highest BCUT2D eigenvalue weighted by Gasteiger charge is 2.32. The first-order valence-corrected chi connectivity index (χ1v) is 17.0. The fraction of sp³-hybridized carbons (Fsp3) is 0.324. The van der Waals surface area contributed by atoms with Gasteiger partial charge >= 0.3 is 0 Å². The highest BCUT2D eigenvalue weighted by atomic mass is 32.1. The van der Waals surface area contributed by atoms with E-state index in [1.807, 2.05) is 53.2 Å². The first-order valence-electron chi connectivity index (χ1n) is 16.1. The standard InChI is InChI=1S/C37H36F3N5O3S/c1-5-32(46)44-9-10-45-30(21(44)2)18-29(42-45)36-34(33-28(40)16-25(39)17-31(33)48-12-11-47-4)37-27(8-13-49-37)35(41-36)23-7-6-22-15-26(19-38)43(3)20-24(22)14-23/h5-8,13-14,16-18,21,26H,1,9-12,15,19-20H2,2-4H3/t21-,26+/m1/s1. The van der Waals surface area contributed by atoms with Crippen LogP contribution in [0.4, 0.5) is 13.2 Å². The highest BCUT2D eigenvalue weighted by molar-refractivity contribution is 7.18. The lowest BCUT2D eigenvalue weighted by molar-refractivity contribution is -0.129.